The van der Waals surface area contributed by atoms with Crippen molar-refractivity contribution in [3.63, 3.8) is 0 Å². The molecule has 6 N–H and O–H groups in total. The third-order valence-corrected chi connectivity index (χ3v) is 7.72. The summed E-state index contributed by atoms with van der Waals surface area (Å²) in [5, 5.41) is 14.5. The fraction of sp³-hybridized carbons (Fsp3) is 0.385. The van der Waals surface area contributed by atoms with Crippen LogP contribution in [0.3, 0.4) is 0 Å². The van der Waals surface area contributed by atoms with Gasteiger partial charge in [0.2, 0.25) is 5.91 Å². The number of primary amides is 1. The zero-order valence-electron chi connectivity index (χ0n) is 21.1. The van der Waals surface area contributed by atoms with Crippen LogP contribution >= 0.6 is 11.6 Å². The Morgan fingerprint density at radius 3 is 2.40 bits per heavy atom. The van der Waals surface area contributed by atoms with Gasteiger partial charge in [-0.15, -0.1) is 0 Å². The van der Waals surface area contributed by atoms with Gasteiger partial charge in [-0.2, -0.15) is 13.2 Å². The van der Waals surface area contributed by atoms with Crippen LogP contribution in [-0.4, -0.2) is 70.3 Å². The Balaban J connectivity index is 0.000000411. The standard InChI is InChI=1S/C24H26ClN7O.C2HF3O2/c25-17-12-28-24-21(20(17)29-19-15-2-1-14(11-15)18(19)22(26)33)30-23(31-24)13-3-5-16(6-4-13)32-9-7-27-8-10-32;3-2(4,5)1(6)7/h1-6,12,14-15,18-19,27H,7-11H2,(H2,26,33)(H2,28,29,30,31);(H,6,7)/t14-,15+,18+,19-;/m1./s1. The number of benzene rings is 1. The summed E-state index contributed by atoms with van der Waals surface area (Å²) in [6.45, 7) is 4.02. The lowest BCUT2D eigenvalue weighted by Crippen LogP contribution is -2.43. The fourth-order valence-corrected chi connectivity index (χ4v) is 5.72. The van der Waals surface area contributed by atoms with Gasteiger partial charge in [-0.25, -0.2) is 14.8 Å². The Bertz CT molecular complexity index is 1440. The molecule has 2 fully saturated rings. The van der Waals surface area contributed by atoms with Crippen molar-refractivity contribution >= 4 is 46.0 Å². The maximum atomic E-state index is 12.1. The molecule has 1 saturated carbocycles. The molecule has 0 unspecified atom stereocenters. The third-order valence-electron chi connectivity index (χ3n) is 7.43. The number of alkyl halides is 3. The number of halogens is 4. The number of pyridine rings is 1. The van der Waals surface area contributed by atoms with Crippen LogP contribution in [0.25, 0.3) is 22.6 Å². The van der Waals surface area contributed by atoms with Crippen LogP contribution in [0.4, 0.5) is 24.5 Å². The predicted molar refractivity (Wildman–Crippen MR) is 144 cm³/mol. The van der Waals surface area contributed by atoms with Crippen LogP contribution in [0.2, 0.25) is 5.02 Å². The van der Waals surface area contributed by atoms with Crippen molar-refractivity contribution in [2.75, 3.05) is 36.4 Å². The third kappa shape index (κ3) is 5.56. The topological polar surface area (TPSA) is 149 Å². The van der Waals surface area contributed by atoms with Gasteiger partial charge in [0, 0.05) is 43.5 Å². The van der Waals surface area contributed by atoms with Gasteiger partial charge in [0.15, 0.2) is 5.65 Å². The summed E-state index contributed by atoms with van der Waals surface area (Å²) in [6, 6.07) is 8.32. The molecule has 3 heterocycles. The minimum atomic E-state index is -5.08. The number of imidazole rings is 1. The molecule has 3 aliphatic rings. The molecule has 2 bridgehead atoms. The number of nitrogens with one attached hydrogen (secondary N) is 3. The van der Waals surface area contributed by atoms with Crippen LogP contribution in [0.5, 0.6) is 0 Å². The van der Waals surface area contributed by atoms with Crippen LogP contribution in [0, 0.1) is 17.8 Å². The monoisotopic (exact) mass is 577 g/mol. The number of carboxylic acids is 1. The minimum absolute atomic E-state index is 0.0981. The summed E-state index contributed by atoms with van der Waals surface area (Å²) in [7, 11) is 0. The van der Waals surface area contributed by atoms with Crippen molar-refractivity contribution in [1.82, 2.24) is 20.3 Å². The number of fused-ring (bicyclic) bond motifs is 3. The summed E-state index contributed by atoms with van der Waals surface area (Å²) in [4.78, 5) is 36.0. The lowest BCUT2D eigenvalue weighted by Gasteiger charge is -2.29. The lowest BCUT2D eigenvalue weighted by molar-refractivity contribution is -0.192. The molecule has 1 amide bonds. The van der Waals surface area contributed by atoms with Gasteiger partial charge in [0.25, 0.3) is 0 Å². The Morgan fingerprint density at radius 1 is 1.12 bits per heavy atom. The quantitative estimate of drug-likeness (QED) is 0.290. The number of aromatic amines is 1. The zero-order chi connectivity index (χ0) is 28.6. The number of nitrogens with two attached hydrogens (primary N) is 1. The number of carbonyl (C=O) groups is 2. The normalized spacial score (nSPS) is 23.6. The van der Waals surface area contributed by atoms with Gasteiger partial charge >= 0.3 is 12.1 Å². The van der Waals surface area contributed by atoms with Crippen LogP contribution in [0.1, 0.15) is 6.42 Å². The van der Waals surface area contributed by atoms with E-state index in [0.29, 0.717) is 21.9 Å². The number of nitrogens with zero attached hydrogens (tertiary/aromatic N) is 3. The van der Waals surface area contributed by atoms with Crippen molar-refractivity contribution in [2.24, 2.45) is 23.5 Å². The van der Waals surface area contributed by atoms with Crippen molar-refractivity contribution < 1.29 is 27.9 Å². The van der Waals surface area contributed by atoms with Gasteiger partial charge in [-0.05, 0) is 42.5 Å². The number of carbonyl (C=O) groups excluding carboxylic acids is 1. The number of rotatable bonds is 5. The number of hydrogen-bond acceptors (Lipinski definition) is 7. The van der Waals surface area contributed by atoms with Gasteiger partial charge in [-0.3, -0.25) is 4.79 Å². The van der Waals surface area contributed by atoms with Crippen molar-refractivity contribution in [3.8, 4) is 11.4 Å². The van der Waals surface area contributed by atoms with Crippen LogP contribution in [-0.2, 0) is 9.59 Å². The van der Waals surface area contributed by atoms with E-state index in [0.717, 1.165) is 44.0 Å². The Hall–Kier alpha value is -3.84. The first-order valence-corrected chi connectivity index (χ1v) is 13.1. The summed E-state index contributed by atoms with van der Waals surface area (Å²) >= 11 is 6.55. The van der Waals surface area contributed by atoms with Gasteiger partial charge in [0.1, 0.15) is 11.3 Å². The molecular formula is C26H27ClF3N7O3. The van der Waals surface area contributed by atoms with E-state index in [-0.39, 0.29) is 29.7 Å². The molecule has 1 aliphatic heterocycles. The average Bonchev–Trinajstić information content (AvgIpc) is 3.66. The molecular weight excluding hydrogens is 551 g/mol. The molecule has 6 rings (SSSR count). The van der Waals surface area contributed by atoms with E-state index in [2.05, 4.69) is 61.9 Å². The highest BCUT2D eigenvalue weighted by Crippen LogP contribution is 2.46. The Labute approximate surface area is 231 Å². The van der Waals surface area contributed by atoms with Crippen molar-refractivity contribution in [2.45, 2.75) is 18.6 Å². The number of H-pyrrole nitrogens is 1. The molecule has 212 valence electrons. The number of aromatic nitrogens is 3. The fourth-order valence-electron chi connectivity index (χ4n) is 5.53. The lowest BCUT2D eigenvalue weighted by atomic mass is 9.88. The maximum absolute atomic E-state index is 12.1. The highest BCUT2D eigenvalue weighted by Gasteiger charge is 2.47. The zero-order valence-corrected chi connectivity index (χ0v) is 21.8. The van der Waals surface area contributed by atoms with E-state index in [1.807, 2.05) is 0 Å². The second-order valence-electron chi connectivity index (χ2n) is 9.90. The number of anilines is 2. The average molecular weight is 578 g/mol. The summed E-state index contributed by atoms with van der Waals surface area (Å²) in [6.07, 6.45) is 1.75. The molecule has 2 aromatic heterocycles. The first-order chi connectivity index (χ1) is 19.0. The molecule has 1 aromatic carbocycles. The van der Waals surface area contributed by atoms with E-state index < -0.39 is 12.1 Å². The van der Waals surface area contributed by atoms with Crippen LogP contribution in [0.15, 0.2) is 42.6 Å². The largest absolute Gasteiger partial charge is 0.490 e. The molecule has 14 heteroatoms. The Morgan fingerprint density at radius 2 is 1.77 bits per heavy atom. The number of carboxylic acid groups (broad SMARTS) is 1. The molecule has 40 heavy (non-hydrogen) atoms. The molecule has 1 saturated heterocycles. The van der Waals surface area contributed by atoms with Gasteiger partial charge in [-0.1, -0.05) is 23.8 Å². The smallest absolute Gasteiger partial charge is 0.475 e. The molecule has 3 aromatic rings. The second-order valence-corrected chi connectivity index (χ2v) is 10.3. The van der Waals surface area contributed by atoms with Gasteiger partial charge < -0.3 is 31.4 Å². The maximum Gasteiger partial charge on any atom is 0.490 e. The van der Waals surface area contributed by atoms with E-state index in [9.17, 15) is 18.0 Å². The second kappa shape index (κ2) is 11.0. The molecule has 4 atom stereocenters. The number of allylic oxidation sites excluding steroid dienone is 1. The molecule has 0 radical (unpaired) electrons. The highest BCUT2D eigenvalue weighted by atomic mass is 35.5. The predicted octanol–water partition coefficient (Wildman–Crippen LogP) is 3.41. The number of amides is 1. The number of piperazine rings is 1. The molecule has 10 nitrogen and oxygen atoms in total. The van der Waals surface area contributed by atoms with Gasteiger partial charge in [0.05, 0.1) is 22.8 Å². The van der Waals surface area contributed by atoms with E-state index in [1.165, 1.54) is 5.69 Å². The van der Waals surface area contributed by atoms with Crippen molar-refractivity contribution in [3.05, 3.63) is 47.6 Å². The molecule has 2 aliphatic carbocycles. The van der Waals surface area contributed by atoms with Crippen molar-refractivity contribution in [1.29, 1.82) is 0 Å². The summed E-state index contributed by atoms with van der Waals surface area (Å²) < 4.78 is 31.7. The SMILES string of the molecule is NC(=O)[C@@H]1[C@H](Nc2c(Cl)cnc3[nH]c(-c4ccc(N5CCNCC5)cc4)nc23)[C@H]2C=C[C@@H]1C2.O=C(O)C(F)(F)F. The van der Waals surface area contributed by atoms with E-state index >= 15 is 0 Å². The minimum Gasteiger partial charge on any atom is -0.475 e. The van der Waals surface area contributed by atoms with Crippen LogP contribution < -0.4 is 21.3 Å². The summed E-state index contributed by atoms with van der Waals surface area (Å²) in [5.74, 6) is -2.12. The highest BCUT2D eigenvalue weighted by molar-refractivity contribution is 6.34. The first kappa shape index (κ1) is 27.7. The molecule has 0 spiro atoms. The Kier molecular flexibility index (Phi) is 7.60. The van der Waals surface area contributed by atoms with E-state index in [4.69, 9.17) is 32.2 Å². The number of hydrogen-bond donors (Lipinski definition) is 5. The summed E-state index contributed by atoms with van der Waals surface area (Å²) in [5.41, 5.74) is 9.94. The number of aliphatic carboxylic acids is 1. The van der Waals surface area contributed by atoms with E-state index in [1.54, 1.807) is 6.20 Å². The first-order valence-electron chi connectivity index (χ1n) is 12.7.